The SMILES string of the molecule is CC1=C(c2ccccc2C)CCC(c2cccc(-n3c4cc5c(cc4c4cc6c7ccccc7c7ccccc7c6cc43)-c3ccccc3C5(C)C)c2)=C1. The summed E-state index contributed by atoms with van der Waals surface area (Å²) >= 11 is 0. The number of aryl methyl sites for hydroxylation is 1. The van der Waals surface area contributed by atoms with E-state index in [1.165, 1.54) is 115 Å². The molecule has 0 atom stereocenters. The van der Waals surface area contributed by atoms with Crippen LogP contribution in [0.4, 0.5) is 0 Å². The lowest BCUT2D eigenvalue weighted by Gasteiger charge is -2.22. The lowest BCUT2D eigenvalue weighted by Crippen LogP contribution is -2.14. The van der Waals surface area contributed by atoms with E-state index in [9.17, 15) is 0 Å². The summed E-state index contributed by atoms with van der Waals surface area (Å²) in [5, 5.41) is 10.4. The van der Waals surface area contributed by atoms with Crippen LogP contribution in [0.1, 0.15) is 61.4 Å². The monoisotopic (exact) mass is 691 g/mol. The Hall–Kier alpha value is -6.18. The average molecular weight is 692 g/mol. The van der Waals surface area contributed by atoms with Crippen molar-refractivity contribution in [2.45, 2.75) is 46.0 Å². The van der Waals surface area contributed by atoms with Crippen molar-refractivity contribution in [3.05, 3.63) is 185 Å². The van der Waals surface area contributed by atoms with Crippen molar-refractivity contribution in [2.24, 2.45) is 0 Å². The highest BCUT2D eigenvalue weighted by atomic mass is 15.0. The fraction of sp³-hybridized carbons (Fsp3) is 0.132. The maximum atomic E-state index is 2.56. The molecule has 258 valence electrons. The molecule has 9 aromatic rings. The van der Waals surface area contributed by atoms with Crippen molar-refractivity contribution in [3.8, 4) is 16.8 Å². The zero-order valence-electron chi connectivity index (χ0n) is 31.3. The quantitative estimate of drug-likeness (QED) is 0.163. The van der Waals surface area contributed by atoms with E-state index in [-0.39, 0.29) is 5.41 Å². The van der Waals surface area contributed by atoms with E-state index in [0.717, 1.165) is 12.8 Å². The number of hydrogen-bond acceptors (Lipinski definition) is 0. The number of nitrogens with zero attached hydrogens (tertiary/aromatic N) is 1. The second kappa shape index (κ2) is 11.4. The van der Waals surface area contributed by atoms with Crippen molar-refractivity contribution >= 4 is 65.3 Å². The lowest BCUT2D eigenvalue weighted by molar-refractivity contribution is 0.661. The Kier molecular flexibility index (Phi) is 6.62. The van der Waals surface area contributed by atoms with Gasteiger partial charge in [-0.3, -0.25) is 0 Å². The van der Waals surface area contributed by atoms with Crippen LogP contribution in [-0.4, -0.2) is 4.57 Å². The van der Waals surface area contributed by atoms with E-state index in [1.54, 1.807) is 0 Å². The molecule has 11 rings (SSSR count). The summed E-state index contributed by atoms with van der Waals surface area (Å²) in [5.41, 5.74) is 17.4. The molecule has 0 unspecified atom stereocenters. The molecule has 0 radical (unpaired) electrons. The van der Waals surface area contributed by atoms with Gasteiger partial charge in [-0.25, -0.2) is 0 Å². The Labute approximate surface area is 316 Å². The van der Waals surface area contributed by atoms with Gasteiger partial charge in [0.15, 0.2) is 0 Å². The molecule has 0 bridgehead atoms. The highest BCUT2D eigenvalue weighted by Crippen LogP contribution is 2.51. The Morgan fingerprint density at radius 3 is 1.80 bits per heavy atom. The molecule has 0 aliphatic heterocycles. The van der Waals surface area contributed by atoms with Crippen LogP contribution in [0.25, 0.3) is 82.1 Å². The summed E-state index contributed by atoms with van der Waals surface area (Å²) in [7, 11) is 0. The summed E-state index contributed by atoms with van der Waals surface area (Å²) in [4.78, 5) is 0. The van der Waals surface area contributed by atoms with Gasteiger partial charge in [-0.1, -0.05) is 129 Å². The first-order chi connectivity index (χ1) is 26.4. The third-order valence-electron chi connectivity index (χ3n) is 12.8. The van der Waals surface area contributed by atoms with E-state index in [4.69, 9.17) is 0 Å². The molecule has 1 aromatic heterocycles. The van der Waals surface area contributed by atoms with Crippen molar-refractivity contribution in [1.29, 1.82) is 0 Å². The molecule has 0 saturated carbocycles. The molecule has 2 aliphatic carbocycles. The Balaban J connectivity index is 1.20. The number of rotatable bonds is 3. The minimum atomic E-state index is -0.0913. The van der Waals surface area contributed by atoms with Crippen LogP contribution in [-0.2, 0) is 5.41 Å². The maximum Gasteiger partial charge on any atom is 0.0547 e. The summed E-state index contributed by atoms with van der Waals surface area (Å²) in [6.07, 6.45) is 4.52. The van der Waals surface area contributed by atoms with Gasteiger partial charge in [-0.15, -0.1) is 0 Å². The summed E-state index contributed by atoms with van der Waals surface area (Å²) in [6.45, 7) is 9.30. The van der Waals surface area contributed by atoms with Gasteiger partial charge in [0.2, 0.25) is 0 Å². The molecular weight excluding hydrogens is 651 g/mol. The Morgan fingerprint density at radius 2 is 1.07 bits per heavy atom. The molecule has 54 heavy (non-hydrogen) atoms. The minimum Gasteiger partial charge on any atom is -0.309 e. The molecule has 1 heterocycles. The van der Waals surface area contributed by atoms with E-state index in [1.807, 2.05) is 0 Å². The van der Waals surface area contributed by atoms with Crippen LogP contribution in [0.15, 0.2) is 157 Å². The Bertz CT molecular complexity index is 3140. The van der Waals surface area contributed by atoms with Crippen LogP contribution < -0.4 is 0 Å². The van der Waals surface area contributed by atoms with Crippen LogP contribution in [0.2, 0.25) is 0 Å². The normalized spacial score (nSPS) is 15.1. The molecule has 1 heteroatoms. The highest BCUT2D eigenvalue weighted by Gasteiger charge is 2.36. The molecule has 0 amide bonds. The van der Waals surface area contributed by atoms with Gasteiger partial charge < -0.3 is 4.57 Å². The van der Waals surface area contributed by atoms with Gasteiger partial charge in [0, 0.05) is 21.9 Å². The number of fused-ring (bicyclic) bond motifs is 12. The fourth-order valence-electron chi connectivity index (χ4n) is 10.1. The van der Waals surface area contributed by atoms with Gasteiger partial charge >= 0.3 is 0 Å². The van der Waals surface area contributed by atoms with Gasteiger partial charge in [-0.05, 0) is 151 Å². The van der Waals surface area contributed by atoms with Crippen LogP contribution in [0.5, 0.6) is 0 Å². The molecule has 1 nitrogen and oxygen atoms in total. The second-order valence-electron chi connectivity index (χ2n) is 16.1. The van der Waals surface area contributed by atoms with E-state index in [0.29, 0.717) is 0 Å². The van der Waals surface area contributed by atoms with Crippen molar-refractivity contribution in [2.75, 3.05) is 0 Å². The van der Waals surface area contributed by atoms with Crippen molar-refractivity contribution < 1.29 is 0 Å². The standard InChI is InChI=1S/C53H41N/c1-32-14-5-6-17-37(32)38-25-24-35(26-33(38)2)34-15-13-16-36(27-34)54-51-30-45-42-21-10-8-19-40(42)39-18-7-9-20-41(39)44(45)28-47(51)48-29-46-43-22-11-12-23-49(43)53(3,4)50(46)31-52(48)54/h5-23,26-31H,24-25H2,1-4H3. The fourth-order valence-corrected chi connectivity index (χ4v) is 10.1. The van der Waals surface area contributed by atoms with E-state index >= 15 is 0 Å². The van der Waals surface area contributed by atoms with Gasteiger partial charge in [0.05, 0.1) is 11.0 Å². The average Bonchev–Trinajstić information content (AvgIpc) is 3.64. The predicted molar refractivity (Wildman–Crippen MR) is 232 cm³/mol. The lowest BCUT2D eigenvalue weighted by atomic mass is 9.82. The molecule has 0 N–H and O–H groups in total. The van der Waals surface area contributed by atoms with Gasteiger partial charge in [0.1, 0.15) is 0 Å². The smallest absolute Gasteiger partial charge is 0.0547 e. The first kappa shape index (κ1) is 31.4. The Morgan fingerprint density at radius 1 is 0.463 bits per heavy atom. The van der Waals surface area contributed by atoms with Gasteiger partial charge in [-0.2, -0.15) is 0 Å². The number of allylic oxidation sites excluding steroid dienone is 4. The molecule has 0 fully saturated rings. The van der Waals surface area contributed by atoms with Crippen LogP contribution in [0.3, 0.4) is 0 Å². The highest BCUT2D eigenvalue weighted by molar-refractivity contribution is 6.29. The first-order valence-corrected chi connectivity index (χ1v) is 19.4. The van der Waals surface area contributed by atoms with Crippen molar-refractivity contribution in [3.63, 3.8) is 0 Å². The van der Waals surface area contributed by atoms with Crippen LogP contribution >= 0.6 is 0 Å². The predicted octanol–water partition coefficient (Wildman–Crippen LogP) is 14.5. The van der Waals surface area contributed by atoms with Gasteiger partial charge in [0.25, 0.3) is 0 Å². The van der Waals surface area contributed by atoms with E-state index < -0.39 is 0 Å². The molecule has 8 aromatic carbocycles. The second-order valence-corrected chi connectivity index (χ2v) is 16.1. The third-order valence-corrected chi connectivity index (χ3v) is 12.8. The van der Waals surface area contributed by atoms with Crippen molar-refractivity contribution in [1.82, 2.24) is 4.57 Å². The summed E-state index contributed by atoms with van der Waals surface area (Å²) in [5.74, 6) is 0. The topological polar surface area (TPSA) is 4.93 Å². The zero-order chi connectivity index (χ0) is 36.3. The van der Waals surface area contributed by atoms with E-state index in [2.05, 4.69) is 184 Å². The molecule has 0 spiro atoms. The van der Waals surface area contributed by atoms with Crippen LogP contribution in [0, 0.1) is 6.92 Å². The molecule has 2 aliphatic rings. The first-order valence-electron chi connectivity index (χ1n) is 19.4. The molecule has 0 saturated heterocycles. The maximum absolute atomic E-state index is 2.56. The summed E-state index contributed by atoms with van der Waals surface area (Å²) in [6, 6.07) is 55.0. The zero-order valence-corrected chi connectivity index (χ0v) is 31.3. The number of hydrogen-bond donors (Lipinski definition) is 0. The third kappa shape index (κ3) is 4.39. The minimum absolute atomic E-state index is 0.0913. The molecular formula is C53H41N. The number of aromatic nitrogens is 1. The largest absolute Gasteiger partial charge is 0.309 e. The summed E-state index contributed by atoms with van der Waals surface area (Å²) < 4.78 is 2.56. The number of benzene rings is 8.